The highest BCUT2D eigenvalue weighted by atomic mass is 19.1. The third-order valence-electron chi connectivity index (χ3n) is 3.71. The van der Waals surface area contributed by atoms with Gasteiger partial charge in [0, 0.05) is 23.7 Å². The van der Waals surface area contributed by atoms with E-state index in [4.69, 9.17) is 5.73 Å². The molecule has 4 nitrogen and oxygen atoms in total. The van der Waals surface area contributed by atoms with E-state index >= 15 is 0 Å². The van der Waals surface area contributed by atoms with Gasteiger partial charge in [0.15, 0.2) is 0 Å². The predicted molar refractivity (Wildman–Crippen MR) is 66.6 cm³/mol. The van der Waals surface area contributed by atoms with Crippen molar-refractivity contribution >= 4 is 5.69 Å². The van der Waals surface area contributed by atoms with Crippen molar-refractivity contribution in [2.24, 2.45) is 11.7 Å². The summed E-state index contributed by atoms with van der Waals surface area (Å²) in [5, 5.41) is 10.7. The summed E-state index contributed by atoms with van der Waals surface area (Å²) in [6.07, 6.45) is 5.36. The van der Waals surface area contributed by atoms with Gasteiger partial charge in [-0.3, -0.25) is 10.1 Å². The molecule has 0 bridgehead atoms. The maximum absolute atomic E-state index is 13.7. The second-order valence-corrected chi connectivity index (χ2v) is 4.89. The summed E-state index contributed by atoms with van der Waals surface area (Å²) in [6.45, 7) is 0. The minimum atomic E-state index is -0.517. The van der Waals surface area contributed by atoms with E-state index in [0.717, 1.165) is 31.7 Å². The van der Waals surface area contributed by atoms with Crippen molar-refractivity contribution in [2.45, 2.75) is 38.1 Å². The summed E-state index contributed by atoms with van der Waals surface area (Å²) in [5.74, 6) is -0.214. The molecule has 0 aliphatic heterocycles. The minimum absolute atomic E-state index is 0.0994. The number of nitrogens with two attached hydrogens (primary N) is 1. The van der Waals surface area contributed by atoms with Gasteiger partial charge in [0.2, 0.25) is 0 Å². The van der Waals surface area contributed by atoms with Gasteiger partial charge in [-0.25, -0.2) is 4.39 Å². The van der Waals surface area contributed by atoms with Crippen molar-refractivity contribution in [1.82, 2.24) is 0 Å². The Morgan fingerprint density at radius 3 is 2.61 bits per heavy atom. The third kappa shape index (κ3) is 2.67. The lowest BCUT2D eigenvalue weighted by atomic mass is 9.81. The highest BCUT2D eigenvalue weighted by Gasteiger charge is 2.25. The summed E-state index contributed by atoms with van der Waals surface area (Å²) in [4.78, 5) is 10.2. The largest absolute Gasteiger partial charge is 0.324 e. The monoisotopic (exact) mass is 252 g/mol. The Balaban J connectivity index is 2.25. The van der Waals surface area contributed by atoms with Crippen LogP contribution in [0.5, 0.6) is 0 Å². The van der Waals surface area contributed by atoms with Gasteiger partial charge in [0.25, 0.3) is 5.69 Å². The Hall–Kier alpha value is -1.49. The summed E-state index contributed by atoms with van der Waals surface area (Å²) in [7, 11) is 0. The second kappa shape index (κ2) is 5.44. The lowest BCUT2D eigenvalue weighted by Crippen LogP contribution is -2.24. The molecule has 1 aliphatic carbocycles. The van der Waals surface area contributed by atoms with E-state index in [9.17, 15) is 14.5 Å². The molecule has 0 amide bonds. The Bertz CT molecular complexity index is 445. The molecule has 1 atom stereocenters. The molecule has 1 aromatic rings. The SMILES string of the molecule is N[C@H](c1cc([N+](=O)[O-])ccc1F)C1CCCCC1. The van der Waals surface area contributed by atoms with Crippen molar-refractivity contribution in [3.05, 3.63) is 39.7 Å². The molecule has 0 spiro atoms. The van der Waals surface area contributed by atoms with Crippen LogP contribution in [-0.4, -0.2) is 4.92 Å². The Morgan fingerprint density at radius 2 is 2.00 bits per heavy atom. The number of non-ortho nitro benzene ring substituents is 1. The first-order valence-electron chi connectivity index (χ1n) is 6.29. The van der Waals surface area contributed by atoms with Crippen LogP contribution in [0.1, 0.15) is 43.7 Å². The number of nitrogens with zero attached hydrogens (tertiary/aromatic N) is 1. The third-order valence-corrected chi connectivity index (χ3v) is 3.71. The van der Waals surface area contributed by atoms with Gasteiger partial charge in [-0.15, -0.1) is 0 Å². The highest BCUT2D eigenvalue weighted by molar-refractivity contribution is 5.37. The van der Waals surface area contributed by atoms with Crippen LogP contribution in [0.4, 0.5) is 10.1 Å². The maximum atomic E-state index is 13.7. The molecule has 0 unspecified atom stereocenters. The van der Waals surface area contributed by atoms with Gasteiger partial charge in [-0.05, 0) is 24.8 Å². The zero-order valence-corrected chi connectivity index (χ0v) is 10.1. The van der Waals surface area contributed by atoms with Crippen molar-refractivity contribution < 1.29 is 9.31 Å². The smallest absolute Gasteiger partial charge is 0.269 e. The van der Waals surface area contributed by atoms with Crippen LogP contribution >= 0.6 is 0 Å². The molecule has 1 saturated carbocycles. The quantitative estimate of drug-likeness (QED) is 0.662. The number of rotatable bonds is 3. The number of benzene rings is 1. The highest BCUT2D eigenvalue weighted by Crippen LogP contribution is 2.34. The molecule has 0 heterocycles. The van der Waals surface area contributed by atoms with E-state index < -0.39 is 16.8 Å². The van der Waals surface area contributed by atoms with Gasteiger partial charge in [-0.1, -0.05) is 19.3 Å². The lowest BCUT2D eigenvalue weighted by molar-refractivity contribution is -0.385. The van der Waals surface area contributed by atoms with E-state index in [2.05, 4.69) is 0 Å². The first kappa shape index (κ1) is 13.0. The Labute approximate surface area is 105 Å². The molecule has 2 rings (SSSR count). The summed E-state index contributed by atoms with van der Waals surface area (Å²) in [5.41, 5.74) is 6.25. The molecule has 18 heavy (non-hydrogen) atoms. The average molecular weight is 252 g/mol. The number of nitro groups is 1. The molecule has 98 valence electrons. The number of hydrogen-bond donors (Lipinski definition) is 1. The van der Waals surface area contributed by atoms with Crippen LogP contribution in [0.3, 0.4) is 0 Å². The first-order valence-corrected chi connectivity index (χ1v) is 6.29. The molecule has 1 fully saturated rings. The van der Waals surface area contributed by atoms with Crippen LogP contribution in [0.15, 0.2) is 18.2 Å². The first-order chi connectivity index (χ1) is 8.59. The molecule has 1 aliphatic rings. The van der Waals surface area contributed by atoms with Crippen LogP contribution in [0, 0.1) is 21.8 Å². The number of halogens is 1. The molecule has 0 radical (unpaired) electrons. The fourth-order valence-corrected chi connectivity index (χ4v) is 2.65. The minimum Gasteiger partial charge on any atom is -0.324 e. The van der Waals surface area contributed by atoms with Crippen LogP contribution < -0.4 is 5.73 Å². The molecule has 1 aromatic carbocycles. The fraction of sp³-hybridized carbons (Fsp3) is 0.538. The summed E-state index contributed by atoms with van der Waals surface area (Å²) < 4.78 is 13.7. The van der Waals surface area contributed by atoms with E-state index in [1.807, 2.05) is 0 Å². The van der Waals surface area contributed by atoms with E-state index in [1.54, 1.807) is 0 Å². The molecular weight excluding hydrogens is 235 g/mol. The van der Waals surface area contributed by atoms with Crippen LogP contribution in [0.25, 0.3) is 0 Å². The fourth-order valence-electron chi connectivity index (χ4n) is 2.65. The number of hydrogen-bond acceptors (Lipinski definition) is 3. The predicted octanol–water partition coefficient (Wildman–Crippen LogP) is 3.31. The van der Waals surface area contributed by atoms with E-state index in [0.29, 0.717) is 0 Å². The number of nitro benzene ring substituents is 1. The topological polar surface area (TPSA) is 69.2 Å². The molecule has 5 heteroatoms. The maximum Gasteiger partial charge on any atom is 0.269 e. The van der Waals surface area contributed by atoms with Gasteiger partial charge >= 0.3 is 0 Å². The summed E-state index contributed by atoms with van der Waals surface area (Å²) in [6, 6.07) is 3.14. The second-order valence-electron chi connectivity index (χ2n) is 4.89. The molecule has 2 N–H and O–H groups in total. The van der Waals surface area contributed by atoms with Crippen molar-refractivity contribution in [2.75, 3.05) is 0 Å². The van der Waals surface area contributed by atoms with Gasteiger partial charge in [0.05, 0.1) is 4.92 Å². The van der Waals surface area contributed by atoms with Crippen molar-refractivity contribution in [1.29, 1.82) is 0 Å². The average Bonchev–Trinajstić information content (AvgIpc) is 2.39. The summed E-state index contributed by atoms with van der Waals surface area (Å²) >= 11 is 0. The van der Waals surface area contributed by atoms with Crippen molar-refractivity contribution in [3.8, 4) is 0 Å². The van der Waals surface area contributed by atoms with Gasteiger partial charge in [0.1, 0.15) is 5.82 Å². The standard InChI is InChI=1S/C13H17FN2O2/c14-12-7-6-10(16(17)18)8-11(12)13(15)9-4-2-1-3-5-9/h6-9,13H,1-5,15H2/t13-/m0/s1. The van der Waals surface area contributed by atoms with Crippen LogP contribution in [-0.2, 0) is 0 Å². The van der Waals surface area contributed by atoms with Gasteiger partial charge < -0.3 is 5.73 Å². The van der Waals surface area contributed by atoms with Gasteiger partial charge in [-0.2, -0.15) is 0 Å². The van der Waals surface area contributed by atoms with Crippen molar-refractivity contribution in [3.63, 3.8) is 0 Å². The van der Waals surface area contributed by atoms with E-state index in [-0.39, 0.29) is 17.2 Å². The lowest BCUT2D eigenvalue weighted by Gasteiger charge is -2.27. The van der Waals surface area contributed by atoms with E-state index in [1.165, 1.54) is 18.6 Å². The van der Waals surface area contributed by atoms with Crippen LogP contribution in [0.2, 0.25) is 0 Å². The molecular formula is C13H17FN2O2. The molecule has 0 aromatic heterocycles. The zero-order chi connectivity index (χ0) is 13.1. The molecule has 0 saturated heterocycles. The zero-order valence-electron chi connectivity index (χ0n) is 10.1. The Morgan fingerprint density at radius 1 is 1.33 bits per heavy atom. The Kier molecular flexibility index (Phi) is 3.91. The normalized spacial score (nSPS) is 18.6.